The first-order chi connectivity index (χ1) is 15.6. The van der Waals surface area contributed by atoms with Gasteiger partial charge in [0, 0.05) is 6.61 Å². The van der Waals surface area contributed by atoms with E-state index in [4.69, 9.17) is 28.7 Å². The van der Waals surface area contributed by atoms with E-state index in [-0.39, 0.29) is 12.0 Å². The topological polar surface area (TPSA) is 79.4 Å². The van der Waals surface area contributed by atoms with Crippen molar-refractivity contribution in [3.05, 3.63) is 35.9 Å². The number of ether oxygens (including phenoxy) is 5. The van der Waals surface area contributed by atoms with E-state index in [0.717, 1.165) is 17.5 Å². The number of fused-ring (bicyclic) bond motifs is 1. The number of rotatable bonds is 8. The van der Waals surface area contributed by atoms with E-state index in [1.165, 1.54) is 18.4 Å². The summed E-state index contributed by atoms with van der Waals surface area (Å²) in [5.74, 6) is 1.92. The Kier molecular flexibility index (Phi) is 6.66. The molecule has 1 atom stereocenters. The molecule has 2 heterocycles. The van der Waals surface area contributed by atoms with E-state index in [9.17, 15) is 4.79 Å². The summed E-state index contributed by atoms with van der Waals surface area (Å²) < 4.78 is 28.6. The van der Waals surface area contributed by atoms with Crippen LogP contribution in [0.4, 0.5) is 5.13 Å². The predicted molar refractivity (Wildman–Crippen MR) is 123 cm³/mol. The fourth-order valence-electron chi connectivity index (χ4n) is 3.83. The first-order valence-corrected chi connectivity index (χ1v) is 11.1. The zero-order valence-electron chi connectivity index (χ0n) is 18.5. The molecule has 1 saturated heterocycles. The number of aromatic nitrogens is 1. The number of anilines is 1. The smallest absolute Gasteiger partial charge is 0.264 e. The van der Waals surface area contributed by atoms with E-state index in [0.29, 0.717) is 52.4 Å². The first kappa shape index (κ1) is 22.2. The summed E-state index contributed by atoms with van der Waals surface area (Å²) in [5.41, 5.74) is 1.04. The van der Waals surface area contributed by atoms with Crippen LogP contribution in [0.25, 0.3) is 10.2 Å². The maximum absolute atomic E-state index is 13.8. The number of methoxy groups -OCH3 is 4. The van der Waals surface area contributed by atoms with Gasteiger partial charge in [-0.2, -0.15) is 0 Å². The largest absolute Gasteiger partial charge is 0.495 e. The highest BCUT2D eigenvalue weighted by Crippen LogP contribution is 2.41. The lowest BCUT2D eigenvalue weighted by molar-refractivity contribution is 0.0914. The van der Waals surface area contributed by atoms with Gasteiger partial charge in [-0.1, -0.05) is 17.4 Å². The number of nitrogens with zero attached hydrogens (tertiary/aromatic N) is 2. The molecule has 0 aliphatic carbocycles. The van der Waals surface area contributed by atoms with Crippen molar-refractivity contribution >= 4 is 32.6 Å². The minimum Gasteiger partial charge on any atom is -0.495 e. The van der Waals surface area contributed by atoms with Gasteiger partial charge in [-0.05, 0) is 37.1 Å². The molecule has 170 valence electrons. The van der Waals surface area contributed by atoms with Crippen LogP contribution in [0.2, 0.25) is 0 Å². The number of amides is 1. The number of carbonyl (C=O) groups excluding carboxylic acids is 1. The maximum atomic E-state index is 13.8. The van der Waals surface area contributed by atoms with Gasteiger partial charge in [0.1, 0.15) is 21.7 Å². The van der Waals surface area contributed by atoms with Gasteiger partial charge < -0.3 is 23.7 Å². The van der Waals surface area contributed by atoms with Crippen LogP contribution in [-0.4, -0.2) is 58.6 Å². The van der Waals surface area contributed by atoms with Crippen molar-refractivity contribution in [2.24, 2.45) is 0 Å². The lowest BCUT2D eigenvalue weighted by Crippen LogP contribution is -2.37. The highest BCUT2D eigenvalue weighted by atomic mass is 32.1. The molecule has 0 N–H and O–H groups in total. The van der Waals surface area contributed by atoms with Crippen molar-refractivity contribution in [2.75, 3.05) is 46.5 Å². The normalized spacial score (nSPS) is 15.6. The Balaban J connectivity index is 1.82. The van der Waals surface area contributed by atoms with E-state index in [1.54, 1.807) is 44.4 Å². The predicted octanol–water partition coefficient (Wildman–Crippen LogP) is 4.16. The van der Waals surface area contributed by atoms with E-state index in [1.807, 2.05) is 12.1 Å². The Bertz CT molecular complexity index is 1070. The summed E-state index contributed by atoms with van der Waals surface area (Å²) in [6, 6.07) is 8.89. The molecular weight excluding hydrogens is 432 g/mol. The van der Waals surface area contributed by atoms with Crippen LogP contribution in [0.15, 0.2) is 30.3 Å². The Morgan fingerprint density at radius 2 is 1.81 bits per heavy atom. The quantitative estimate of drug-likeness (QED) is 0.502. The lowest BCUT2D eigenvalue weighted by atomic mass is 10.1. The van der Waals surface area contributed by atoms with Crippen LogP contribution in [-0.2, 0) is 4.74 Å². The summed E-state index contributed by atoms with van der Waals surface area (Å²) in [6.45, 7) is 1.07. The lowest BCUT2D eigenvalue weighted by Gasteiger charge is -2.24. The molecule has 1 aliphatic heterocycles. The fraction of sp³-hybridized carbons (Fsp3) is 0.391. The Morgan fingerprint density at radius 3 is 2.47 bits per heavy atom. The molecule has 1 aromatic heterocycles. The summed E-state index contributed by atoms with van der Waals surface area (Å²) >= 11 is 1.38. The van der Waals surface area contributed by atoms with Gasteiger partial charge in [-0.25, -0.2) is 4.98 Å². The summed E-state index contributed by atoms with van der Waals surface area (Å²) in [4.78, 5) is 20.2. The van der Waals surface area contributed by atoms with Gasteiger partial charge in [0.15, 0.2) is 16.6 Å². The standard InChI is InChI=1S/C23H26N2O6S/c1-27-16-10-11-18(29-3)21-19(16)24-23(32-21)25(13-14-7-6-12-31-14)22(26)15-8-5-9-17(28-2)20(15)30-4/h5,8-11,14H,6-7,12-13H2,1-4H3. The maximum Gasteiger partial charge on any atom is 0.264 e. The molecule has 1 unspecified atom stereocenters. The van der Waals surface area contributed by atoms with Crippen LogP contribution in [0.3, 0.4) is 0 Å². The minimum atomic E-state index is -0.242. The molecular formula is C23H26N2O6S. The average molecular weight is 459 g/mol. The molecule has 0 saturated carbocycles. The minimum absolute atomic E-state index is 0.0636. The van der Waals surface area contributed by atoms with Crippen LogP contribution in [0, 0.1) is 0 Å². The fourth-order valence-corrected chi connectivity index (χ4v) is 4.91. The number of hydrogen-bond acceptors (Lipinski definition) is 8. The van der Waals surface area contributed by atoms with Gasteiger partial charge in [0.25, 0.3) is 5.91 Å². The summed E-state index contributed by atoms with van der Waals surface area (Å²) in [6.07, 6.45) is 1.79. The average Bonchev–Trinajstić information content (AvgIpc) is 3.50. The monoisotopic (exact) mass is 458 g/mol. The molecule has 9 heteroatoms. The van der Waals surface area contributed by atoms with Gasteiger partial charge in [0.05, 0.1) is 46.7 Å². The van der Waals surface area contributed by atoms with Crippen molar-refractivity contribution in [1.29, 1.82) is 0 Å². The summed E-state index contributed by atoms with van der Waals surface area (Å²) in [5, 5.41) is 0.535. The second-order valence-electron chi connectivity index (χ2n) is 7.24. The Morgan fingerprint density at radius 1 is 1.06 bits per heavy atom. The Hall–Kier alpha value is -3.04. The van der Waals surface area contributed by atoms with E-state index in [2.05, 4.69) is 0 Å². The van der Waals surface area contributed by atoms with Crippen molar-refractivity contribution in [1.82, 2.24) is 4.98 Å². The molecule has 3 aromatic rings. The van der Waals surface area contributed by atoms with Crippen LogP contribution in [0.1, 0.15) is 23.2 Å². The number of thiazole rings is 1. The SMILES string of the molecule is COc1cccc(C(=O)N(CC2CCCO2)c2nc3c(OC)ccc(OC)c3s2)c1OC. The van der Waals surface area contributed by atoms with Crippen molar-refractivity contribution < 1.29 is 28.5 Å². The number of benzene rings is 2. The van der Waals surface area contributed by atoms with E-state index < -0.39 is 0 Å². The molecule has 4 rings (SSSR count). The second-order valence-corrected chi connectivity index (χ2v) is 8.21. The van der Waals surface area contributed by atoms with Crippen LogP contribution >= 0.6 is 11.3 Å². The zero-order chi connectivity index (χ0) is 22.7. The van der Waals surface area contributed by atoms with Crippen molar-refractivity contribution in [3.63, 3.8) is 0 Å². The van der Waals surface area contributed by atoms with Crippen molar-refractivity contribution in [3.8, 4) is 23.0 Å². The van der Waals surface area contributed by atoms with Gasteiger partial charge in [-0.3, -0.25) is 9.69 Å². The van der Waals surface area contributed by atoms with Gasteiger partial charge >= 0.3 is 0 Å². The van der Waals surface area contributed by atoms with E-state index >= 15 is 0 Å². The number of carbonyl (C=O) groups is 1. The zero-order valence-corrected chi connectivity index (χ0v) is 19.4. The molecule has 1 fully saturated rings. The number of hydrogen-bond donors (Lipinski definition) is 0. The molecule has 2 aromatic carbocycles. The molecule has 0 bridgehead atoms. The summed E-state index contributed by atoms with van der Waals surface area (Å²) in [7, 11) is 6.27. The molecule has 32 heavy (non-hydrogen) atoms. The molecule has 8 nitrogen and oxygen atoms in total. The van der Waals surface area contributed by atoms with Gasteiger partial charge in [-0.15, -0.1) is 0 Å². The van der Waals surface area contributed by atoms with Crippen LogP contribution < -0.4 is 23.8 Å². The molecule has 0 spiro atoms. The molecule has 0 radical (unpaired) electrons. The Labute approximate surface area is 190 Å². The highest BCUT2D eigenvalue weighted by molar-refractivity contribution is 7.22. The molecule has 1 amide bonds. The van der Waals surface area contributed by atoms with Crippen LogP contribution in [0.5, 0.6) is 23.0 Å². The second kappa shape index (κ2) is 9.62. The highest BCUT2D eigenvalue weighted by Gasteiger charge is 2.30. The van der Waals surface area contributed by atoms with Crippen molar-refractivity contribution in [2.45, 2.75) is 18.9 Å². The number of para-hydroxylation sites is 1. The third kappa shape index (κ3) is 4.05. The van der Waals surface area contributed by atoms with Gasteiger partial charge in [0.2, 0.25) is 0 Å². The first-order valence-electron chi connectivity index (χ1n) is 10.3. The molecule has 1 aliphatic rings. The third-order valence-electron chi connectivity index (χ3n) is 5.42. The third-order valence-corrected chi connectivity index (χ3v) is 6.51.